The Kier molecular flexibility index (Phi) is 4.11. The minimum atomic E-state index is 0.679. The topological polar surface area (TPSA) is 58.3 Å². The van der Waals surface area contributed by atoms with Crippen LogP contribution in [0.25, 0.3) is 11.4 Å². The molecule has 3 aromatic rings. The van der Waals surface area contributed by atoms with Gasteiger partial charge in [-0.05, 0) is 18.4 Å². The lowest BCUT2D eigenvalue weighted by Gasteiger charge is -2.33. The molecule has 0 atom stereocenters. The number of rotatable bonds is 4. The number of anilines is 1. The van der Waals surface area contributed by atoms with Gasteiger partial charge in [-0.2, -0.15) is 16.3 Å². The van der Waals surface area contributed by atoms with Crippen molar-refractivity contribution in [2.75, 3.05) is 31.1 Å². The molecule has 1 saturated heterocycles. The van der Waals surface area contributed by atoms with Crippen molar-refractivity contribution in [3.63, 3.8) is 0 Å². The minimum Gasteiger partial charge on any atom is -0.346 e. The van der Waals surface area contributed by atoms with Crippen molar-refractivity contribution >= 4 is 27.8 Å². The Labute approximate surface area is 142 Å². The number of piperazine rings is 1. The number of hydrogen-bond donors (Lipinski definition) is 0. The second-order valence-corrected chi connectivity index (χ2v) is 7.17. The Hall–Kier alpha value is -1.77. The van der Waals surface area contributed by atoms with E-state index in [1.807, 2.05) is 23.8 Å². The first kappa shape index (κ1) is 14.8. The van der Waals surface area contributed by atoms with Crippen molar-refractivity contribution in [3.8, 4) is 11.4 Å². The molecule has 120 valence electrons. The van der Waals surface area contributed by atoms with Gasteiger partial charge in [0.2, 0.25) is 11.7 Å². The highest BCUT2D eigenvalue weighted by Crippen LogP contribution is 2.22. The van der Waals surface area contributed by atoms with E-state index in [1.54, 1.807) is 22.7 Å². The molecule has 3 aromatic heterocycles. The molecule has 0 aromatic carbocycles. The molecule has 0 bridgehead atoms. The van der Waals surface area contributed by atoms with E-state index >= 15 is 0 Å². The van der Waals surface area contributed by atoms with Crippen molar-refractivity contribution in [1.82, 2.24) is 20.0 Å². The summed E-state index contributed by atoms with van der Waals surface area (Å²) in [4.78, 5) is 13.7. The van der Waals surface area contributed by atoms with E-state index in [0.29, 0.717) is 18.3 Å². The van der Waals surface area contributed by atoms with Gasteiger partial charge in [0.1, 0.15) is 0 Å². The molecule has 1 fully saturated rings. The summed E-state index contributed by atoms with van der Waals surface area (Å²) in [5.74, 6) is 1.36. The van der Waals surface area contributed by atoms with Crippen LogP contribution in [0.4, 0.5) is 5.13 Å². The summed E-state index contributed by atoms with van der Waals surface area (Å²) in [7, 11) is 0. The Bertz CT molecular complexity index is 759. The predicted octanol–water partition coefficient (Wildman–Crippen LogP) is 2.89. The Morgan fingerprint density at radius 1 is 1.17 bits per heavy atom. The smallest absolute Gasteiger partial charge is 0.241 e. The maximum Gasteiger partial charge on any atom is 0.241 e. The van der Waals surface area contributed by atoms with Gasteiger partial charge in [-0.3, -0.25) is 4.90 Å². The highest BCUT2D eigenvalue weighted by Gasteiger charge is 2.21. The van der Waals surface area contributed by atoms with E-state index < -0.39 is 0 Å². The van der Waals surface area contributed by atoms with Crippen molar-refractivity contribution in [2.45, 2.75) is 13.5 Å². The molecule has 0 amide bonds. The standard InChI is InChI=1S/C15H17N5OS2/c1-11-9-23-15(16-11)20-5-3-19(4-6-20)8-13-17-14(18-21-13)12-2-7-22-10-12/h2,7,9-10H,3-6,8H2,1H3. The van der Waals surface area contributed by atoms with Crippen LogP contribution in [0.5, 0.6) is 0 Å². The summed E-state index contributed by atoms with van der Waals surface area (Å²) < 4.78 is 5.38. The number of aromatic nitrogens is 3. The number of thiazole rings is 1. The summed E-state index contributed by atoms with van der Waals surface area (Å²) in [6.45, 7) is 6.68. The summed E-state index contributed by atoms with van der Waals surface area (Å²) in [5.41, 5.74) is 2.12. The first-order valence-corrected chi connectivity index (χ1v) is 9.35. The lowest BCUT2D eigenvalue weighted by atomic mass is 10.3. The fourth-order valence-electron chi connectivity index (χ4n) is 2.60. The molecule has 0 radical (unpaired) electrons. The lowest BCUT2D eigenvalue weighted by Crippen LogP contribution is -2.46. The number of hydrogen-bond acceptors (Lipinski definition) is 8. The molecule has 1 aliphatic heterocycles. The molecule has 0 saturated carbocycles. The van der Waals surface area contributed by atoms with Gasteiger partial charge in [0.25, 0.3) is 0 Å². The number of aryl methyl sites for hydroxylation is 1. The molecular weight excluding hydrogens is 330 g/mol. The summed E-state index contributed by atoms with van der Waals surface area (Å²) >= 11 is 3.36. The molecule has 1 aliphatic rings. The fraction of sp³-hybridized carbons (Fsp3) is 0.400. The van der Waals surface area contributed by atoms with E-state index in [2.05, 4.69) is 30.3 Å². The van der Waals surface area contributed by atoms with Gasteiger partial charge in [0.15, 0.2) is 5.13 Å². The van der Waals surface area contributed by atoms with Gasteiger partial charge in [-0.1, -0.05) is 5.16 Å². The molecule has 8 heteroatoms. The second-order valence-electron chi connectivity index (χ2n) is 5.56. The van der Waals surface area contributed by atoms with E-state index in [4.69, 9.17) is 4.52 Å². The van der Waals surface area contributed by atoms with Crippen LogP contribution in [-0.2, 0) is 6.54 Å². The zero-order chi connectivity index (χ0) is 15.6. The monoisotopic (exact) mass is 347 g/mol. The average Bonchev–Trinajstić information content (AvgIpc) is 3.28. The quantitative estimate of drug-likeness (QED) is 0.723. The van der Waals surface area contributed by atoms with Crippen molar-refractivity contribution < 1.29 is 4.52 Å². The second kappa shape index (κ2) is 6.38. The van der Waals surface area contributed by atoms with Crippen LogP contribution in [0.1, 0.15) is 11.6 Å². The largest absolute Gasteiger partial charge is 0.346 e. The van der Waals surface area contributed by atoms with Crippen molar-refractivity contribution in [3.05, 3.63) is 33.8 Å². The maximum atomic E-state index is 5.38. The normalized spacial score (nSPS) is 16.1. The van der Waals surface area contributed by atoms with E-state index in [-0.39, 0.29) is 0 Å². The van der Waals surface area contributed by atoms with E-state index in [1.165, 1.54) is 0 Å². The van der Waals surface area contributed by atoms with Gasteiger partial charge in [0, 0.05) is 42.5 Å². The SMILES string of the molecule is Cc1csc(N2CCN(Cc3nc(-c4ccsc4)no3)CC2)n1. The van der Waals surface area contributed by atoms with E-state index in [9.17, 15) is 0 Å². The van der Waals surface area contributed by atoms with Gasteiger partial charge in [-0.25, -0.2) is 4.98 Å². The van der Waals surface area contributed by atoms with E-state index in [0.717, 1.165) is 42.6 Å². The summed E-state index contributed by atoms with van der Waals surface area (Å²) in [5, 5.41) is 11.3. The van der Waals surface area contributed by atoms with Crippen molar-refractivity contribution in [2.24, 2.45) is 0 Å². The van der Waals surface area contributed by atoms with Gasteiger partial charge < -0.3 is 9.42 Å². The lowest BCUT2D eigenvalue weighted by molar-refractivity contribution is 0.215. The predicted molar refractivity (Wildman–Crippen MR) is 92.0 cm³/mol. The number of nitrogens with zero attached hydrogens (tertiary/aromatic N) is 5. The molecule has 0 spiro atoms. The molecule has 6 nitrogen and oxygen atoms in total. The maximum absolute atomic E-state index is 5.38. The molecule has 0 unspecified atom stereocenters. The highest BCUT2D eigenvalue weighted by molar-refractivity contribution is 7.13. The molecule has 0 N–H and O–H groups in total. The third-order valence-corrected chi connectivity index (χ3v) is 5.56. The zero-order valence-corrected chi connectivity index (χ0v) is 14.4. The fourth-order valence-corrected chi connectivity index (χ4v) is 4.09. The van der Waals surface area contributed by atoms with Crippen LogP contribution in [0, 0.1) is 6.92 Å². The highest BCUT2D eigenvalue weighted by atomic mass is 32.1. The van der Waals surface area contributed by atoms with Crippen LogP contribution in [0.3, 0.4) is 0 Å². The van der Waals surface area contributed by atoms with Crippen LogP contribution < -0.4 is 4.90 Å². The molecule has 0 aliphatic carbocycles. The molecule has 4 heterocycles. The Balaban J connectivity index is 1.34. The first-order valence-electron chi connectivity index (χ1n) is 7.52. The van der Waals surface area contributed by atoms with Crippen LogP contribution >= 0.6 is 22.7 Å². The first-order chi connectivity index (χ1) is 11.3. The van der Waals surface area contributed by atoms with Crippen LogP contribution in [0.2, 0.25) is 0 Å². The molecular formula is C15H17N5OS2. The number of thiophene rings is 1. The van der Waals surface area contributed by atoms with Gasteiger partial charge >= 0.3 is 0 Å². The summed E-state index contributed by atoms with van der Waals surface area (Å²) in [6, 6.07) is 2.01. The molecule has 4 rings (SSSR count). The van der Waals surface area contributed by atoms with Gasteiger partial charge in [-0.15, -0.1) is 11.3 Å². The Morgan fingerprint density at radius 2 is 2.04 bits per heavy atom. The van der Waals surface area contributed by atoms with Gasteiger partial charge in [0.05, 0.1) is 12.2 Å². The van der Waals surface area contributed by atoms with Crippen LogP contribution in [-0.4, -0.2) is 46.2 Å². The summed E-state index contributed by atoms with van der Waals surface area (Å²) in [6.07, 6.45) is 0. The third-order valence-electron chi connectivity index (χ3n) is 3.86. The zero-order valence-electron chi connectivity index (χ0n) is 12.8. The third kappa shape index (κ3) is 3.29. The Morgan fingerprint density at radius 3 is 2.74 bits per heavy atom. The average molecular weight is 347 g/mol. The van der Waals surface area contributed by atoms with Crippen LogP contribution in [0.15, 0.2) is 26.7 Å². The molecule has 23 heavy (non-hydrogen) atoms. The minimum absolute atomic E-state index is 0.679. The van der Waals surface area contributed by atoms with Crippen molar-refractivity contribution in [1.29, 1.82) is 0 Å².